The maximum atomic E-state index is 11.3. The largest absolute Gasteiger partial charge is 0.460 e. The Bertz CT molecular complexity index is 148. The third kappa shape index (κ3) is 5.14. The first kappa shape index (κ1) is 12.4. The van der Waals surface area contributed by atoms with Gasteiger partial charge in [0.05, 0.1) is 5.92 Å². The van der Waals surface area contributed by atoms with Crippen LogP contribution in [0.3, 0.4) is 0 Å². The van der Waals surface area contributed by atoms with Gasteiger partial charge in [0, 0.05) is 10.7 Å². The first-order valence-electron chi connectivity index (χ1n) is 3.75. The Balaban J connectivity index is 4.02. The highest BCUT2D eigenvalue weighted by molar-refractivity contribution is 9.09. The number of rotatable bonds is 3. The lowest BCUT2D eigenvalue weighted by molar-refractivity contribution is -0.158. The van der Waals surface area contributed by atoms with Gasteiger partial charge in [0.2, 0.25) is 0 Å². The van der Waals surface area contributed by atoms with E-state index < -0.39 is 0 Å². The summed E-state index contributed by atoms with van der Waals surface area (Å²) in [5.74, 6) is -0.250. The minimum absolute atomic E-state index is 0.0933. The first-order chi connectivity index (χ1) is 5.40. The molecule has 0 atom stereocenters. The summed E-state index contributed by atoms with van der Waals surface area (Å²) < 4.78 is 5.18. The van der Waals surface area contributed by atoms with Crippen molar-refractivity contribution in [2.75, 3.05) is 10.7 Å². The third-order valence-electron chi connectivity index (χ3n) is 1.11. The second-order valence-electron chi connectivity index (χ2n) is 3.54. The average molecular weight is 302 g/mol. The minimum atomic E-state index is -0.389. The summed E-state index contributed by atoms with van der Waals surface area (Å²) in [6.07, 6.45) is 0. The molecule has 0 spiro atoms. The third-order valence-corrected chi connectivity index (χ3v) is 2.68. The first-order valence-corrected chi connectivity index (χ1v) is 6.00. The van der Waals surface area contributed by atoms with Crippen LogP contribution in [0.1, 0.15) is 20.8 Å². The van der Waals surface area contributed by atoms with Gasteiger partial charge in [-0.1, -0.05) is 31.9 Å². The van der Waals surface area contributed by atoms with Gasteiger partial charge in [-0.25, -0.2) is 0 Å². The maximum absolute atomic E-state index is 11.3. The van der Waals surface area contributed by atoms with Crippen molar-refractivity contribution in [3.8, 4) is 0 Å². The molecule has 0 heterocycles. The summed E-state index contributed by atoms with van der Waals surface area (Å²) in [6, 6.07) is 0. The van der Waals surface area contributed by atoms with Crippen molar-refractivity contribution >= 4 is 37.8 Å². The second-order valence-corrected chi connectivity index (χ2v) is 4.83. The van der Waals surface area contributed by atoms with E-state index in [2.05, 4.69) is 31.9 Å². The summed E-state index contributed by atoms with van der Waals surface area (Å²) in [4.78, 5) is 11.3. The number of esters is 1. The molecule has 0 radical (unpaired) electrons. The molecule has 12 heavy (non-hydrogen) atoms. The quantitative estimate of drug-likeness (QED) is 0.592. The van der Waals surface area contributed by atoms with E-state index in [-0.39, 0.29) is 17.5 Å². The van der Waals surface area contributed by atoms with E-state index >= 15 is 0 Å². The van der Waals surface area contributed by atoms with Gasteiger partial charge in [0.1, 0.15) is 5.60 Å². The average Bonchev–Trinajstić information content (AvgIpc) is 1.85. The SMILES string of the molecule is CC(C)(C)OC(=O)C(CBr)CBr. The molecule has 0 aromatic heterocycles. The molecule has 0 aliphatic carbocycles. The Morgan fingerprint density at radius 2 is 1.75 bits per heavy atom. The zero-order chi connectivity index (χ0) is 9.78. The Kier molecular flexibility index (Phi) is 5.41. The highest BCUT2D eigenvalue weighted by Crippen LogP contribution is 2.14. The summed E-state index contributed by atoms with van der Waals surface area (Å²) in [7, 11) is 0. The van der Waals surface area contributed by atoms with Crippen molar-refractivity contribution in [3.63, 3.8) is 0 Å². The number of hydrogen-bond donors (Lipinski definition) is 0. The molecule has 4 heteroatoms. The van der Waals surface area contributed by atoms with Crippen LogP contribution in [0.5, 0.6) is 0 Å². The standard InChI is InChI=1S/C8H14Br2O2/c1-8(2,3)12-7(11)6(4-9)5-10/h6H,4-5H2,1-3H3. The highest BCUT2D eigenvalue weighted by Gasteiger charge is 2.23. The molecule has 0 saturated heterocycles. The lowest BCUT2D eigenvalue weighted by atomic mass is 10.1. The molecule has 0 saturated carbocycles. The number of carbonyl (C=O) groups is 1. The van der Waals surface area contributed by atoms with E-state index in [0.29, 0.717) is 10.7 Å². The van der Waals surface area contributed by atoms with Gasteiger partial charge >= 0.3 is 5.97 Å². The van der Waals surface area contributed by atoms with Crippen LogP contribution in [0.4, 0.5) is 0 Å². The van der Waals surface area contributed by atoms with Crippen LogP contribution in [0, 0.1) is 5.92 Å². The topological polar surface area (TPSA) is 26.3 Å². The van der Waals surface area contributed by atoms with E-state index in [9.17, 15) is 4.79 Å². The molecule has 0 N–H and O–H groups in total. The molecule has 72 valence electrons. The van der Waals surface area contributed by atoms with Gasteiger partial charge in [0.15, 0.2) is 0 Å². The fourth-order valence-electron chi connectivity index (χ4n) is 0.552. The summed E-state index contributed by atoms with van der Waals surface area (Å²) in [5.41, 5.74) is -0.389. The highest BCUT2D eigenvalue weighted by atomic mass is 79.9. The minimum Gasteiger partial charge on any atom is -0.460 e. The Morgan fingerprint density at radius 3 is 2.00 bits per heavy atom. The molecule has 0 fully saturated rings. The fourth-order valence-corrected chi connectivity index (χ4v) is 2.15. The van der Waals surface area contributed by atoms with Gasteiger partial charge in [-0.3, -0.25) is 4.79 Å². The summed E-state index contributed by atoms with van der Waals surface area (Å²) in [6.45, 7) is 5.60. The van der Waals surface area contributed by atoms with Gasteiger partial charge in [-0.15, -0.1) is 0 Å². The van der Waals surface area contributed by atoms with E-state index in [1.807, 2.05) is 20.8 Å². The summed E-state index contributed by atoms with van der Waals surface area (Å²) >= 11 is 6.51. The molecule has 2 nitrogen and oxygen atoms in total. The predicted octanol–water partition coefficient (Wildman–Crippen LogP) is 2.73. The molecule has 0 amide bonds. The maximum Gasteiger partial charge on any atom is 0.311 e. The van der Waals surface area contributed by atoms with E-state index in [4.69, 9.17) is 4.74 Å². The van der Waals surface area contributed by atoms with Crippen molar-refractivity contribution in [3.05, 3.63) is 0 Å². The van der Waals surface area contributed by atoms with Crippen LogP contribution in [-0.2, 0) is 9.53 Å². The van der Waals surface area contributed by atoms with Gasteiger partial charge in [-0.05, 0) is 20.8 Å². The smallest absolute Gasteiger partial charge is 0.311 e. The zero-order valence-corrected chi connectivity index (χ0v) is 10.7. The molecular weight excluding hydrogens is 288 g/mol. The lowest BCUT2D eigenvalue weighted by Crippen LogP contribution is -2.30. The van der Waals surface area contributed by atoms with Crippen LogP contribution < -0.4 is 0 Å². The number of carbonyl (C=O) groups excluding carboxylic acids is 1. The van der Waals surface area contributed by atoms with Crippen molar-refractivity contribution in [1.82, 2.24) is 0 Å². The van der Waals surface area contributed by atoms with Crippen molar-refractivity contribution < 1.29 is 9.53 Å². The number of halogens is 2. The molecule has 0 bridgehead atoms. The number of ether oxygens (including phenoxy) is 1. The molecular formula is C8H14Br2O2. The molecule has 0 aromatic rings. The monoisotopic (exact) mass is 300 g/mol. The van der Waals surface area contributed by atoms with E-state index in [1.165, 1.54) is 0 Å². The molecule has 0 aliphatic heterocycles. The predicted molar refractivity (Wildman–Crippen MR) is 56.9 cm³/mol. The van der Waals surface area contributed by atoms with E-state index in [1.54, 1.807) is 0 Å². The molecule has 0 unspecified atom stereocenters. The van der Waals surface area contributed by atoms with Crippen LogP contribution in [0.2, 0.25) is 0 Å². The fraction of sp³-hybridized carbons (Fsp3) is 0.875. The summed E-state index contributed by atoms with van der Waals surface area (Å²) in [5, 5.41) is 1.26. The van der Waals surface area contributed by atoms with Gasteiger partial charge < -0.3 is 4.74 Å². The molecule has 0 aliphatic rings. The Morgan fingerprint density at radius 1 is 1.33 bits per heavy atom. The van der Waals surface area contributed by atoms with Gasteiger partial charge in [-0.2, -0.15) is 0 Å². The number of alkyl halides is 2. The van der Waals surface area contributed by atoms with Crippen LogP contribution in [-0.4, -0.2) is 22.2 Å². The second kappa shape index (κ2) is 5.22. The van der Waals surface area contributed by atoms with Gasteiger partial charge in [0.25, 0.3) is 0 Å². The van der Waals surface area contributed by atoms with Crippen molar-refractivity contribution in [1.29, 1.82) is 0 Å². The zero-order valence-electron chi connectivity index (χ0n) is 7.56. The normalized spacial score (nSPS) is 11.8. The molecule has 0 rings (SSSR count). The number of hydrogen-bond acceptors (Lipinski definition) is 2. The van der Waals surface area contributed by atoms with Crippen LogP contribution in [0.25, 0.3) is 0 Å². The van der Waals surface area contributed by atoms with Crippen molar-refractivity contribution in [2.24, 2.45) is 5.92 Å². The van der Waals surface area contributed by atoms with Crippen LogP contribution in [0.15, 0.2) is 0 Å². The van der Waals surface area contributed by atoms with Crippen LogP contribution >= 0.6 is 31.9 Å². The Labute approximate surface area is 90.3 Å². The van der Waals surface area contributed by atoms with E-state index in [0.717, 1.165) is 0 Å². The van der Waals surface area contributed by atoms with Crippen molar-refractivity contribution in [2.45, 2.75) is 26.4 Å². The Hall–Kier alpha value is 0.430. The lowest BCUT2D eigenvalue weighted by Gasteiger charge is -2.22. The molecule has 0 aromatic carbocycles.